The van der Waals surface area contributed by atoms with Crippen LogP contribution in [0.3, 0.4) is 0 Å². The van der Waals surface area contributed by atoms with E-state index in [4.69, 9.17) is 4.74 Å². The molecule has 2 N–H and O–H groups in total. The van der Waals surface area contributed by atoms with Crippen LogP contribution in [0.1, 0.15) is 23.7 Å². The van der Waals surface area contributed by atoms with E-state index in [1.807, 2.05) is 42.5 Å². The van der Waals surface area contributed by atoms with E-state index in [0.717, 1.165) is 23.5 Å². The predicted octanol–water partition coefficient (Wildman–Crippen LogP) is 3.77. The van der Waals surface area contributed by atoms with Crippen molar-refractivity contribution in [3.63, 3.8) is 0 Å². The first-order valence-corrected chi connectivity index (χ1v) is 7.05. The summed E-state index contributed by atoms with van der Waals surface area (Å²) in [7, 11) is 1.80. The fourth-order valence-electron chi connectivity index (χ4n) is 1.95. The Bertz CT molecular complexity index is 594. The third-order valence-electron chi connectivity index (χ3n) is 3.03. The van der Waals surface area contributed by atoms with Crippen LogP contribution in [0.5, 0.6) is 5.75 Å². The van der Waals surface area contributed by atoms with E-state index in [2.05, 4.69) is 17.6 Å². The molecule has 21 heavy (non-hydrogen) atoms. The number of amides is 1. The zero-order valence-corrected chi connectivity index (χ0v) is 12.3. The molecule has 0 aliphatic carbocycles. The maximum atomic E-state index is 12.3. The molecule has 0 atom stereocenters. The summed E-state index contributed by atoms with van der Waals surface area (Å²) in [5.41, 5.74) is 2.17. The first kappa shape index (κ1) is 14.9. The summed E-state index contributed by atoms with van der Waals surface area (Å²) in [5, 5.41) is 5.90. The molecule has 0 spiro atoms. The molecule has 4 heteroatoms. The monoisotopic (exact) mass is 284 g/mol. The van der Waals surface area contributed by atoms with Crippen LogP contribution in [-0.4, -0.2) is 19.6 Å². The van der Waals surface area contributed by atoms with Crippen molar-refractivity contribution in [2.24, 2.45) is 0 Å². The zero-order chi connectivity index (χ0) is 15.1. The van der Waals surface area contributed by atoms with Crippen LogP contribution in [0, 0.1) is 0 Å². The fraction of sp³-hybridized carbons (Fsp3) is 0.235. The molecular formula is C17H20N2O2. The van der Waals surface area contributed by atoms with Crippen LogP contribution < -0.4 is 15.4 Å². The minimum Gasteiger partial charge on any atom is -0.494 e. The summed E-state index contributed by atoms with van der Waals surface area (Å²) in [6.45, 7) is 2.76. The first-order chi connectivity index (χ1) is 10.2. The number of para-hydroxylation sites is 1. The largest absolute Gasteiger partial charge is 0.494 e. The van der Waals surface area contributed by atoms with E-state index < -0.39 is 0 Å². The van der Waals surface area contributed by atoms with Gasteiger partial charge in [-0.2, -0.15) is 0 Å². The van der Waals surface area contributed by atoms with Crippen LogP contribution in [0.4, 0.5) is 11.4 Å². The normalized spacial score (nSPS) is 10.0. The Balaban J connectivity index is 2.05. The number of nitrogens with one attached hydrogen (secondary N) is 2. The van der Waals surface area contributed by atoms with E-state index in [0.29, 0.717) is 12.2 Å². The standard InChI is InChI=1S/C17H20N2O2/c1-3-12-21-14-10-8-13(9-11-14)19-17(20)15-6-4-5-7-16(15)18-2/h4-11,18H,3,12H2,1-2H3,(H,19,20). The quantitative estimate of drug-likeness (QED) is 0.849. The van der Waals surface area contributed by atoms with Gasteiger partial charge in [0.2, 0.25) is 0 Å². The number of benzene rings is 2. The van der Waals surface area contributed by atoms with Crippen molar-refractivity contribution >= 4 is 17.3 Å². The lowest BCUT2D eigenvalue weighted by molar-refractivity contribution is 0.102. The highest BCUT2D eigenvalue weighted by molar-refractivity contribution is 6.08. The van der Waals surface area contributed by atoms with Crippen molar-refractivity contribution in [1.29, 1.82) is 0 Å². The molecule has 0 unspecified atom stereocenters. The molecule has 0 aromatic heterocycles. The van der Waals surface area contributed by atoms with Gasteiger partial charge in [0.05, 0.1) is 12.2 Å². The average molecular weight is 284 g/mol. The van der Waals surface area contributed by atoms with E-state index >= 15 is 0 Å². The first-order valence-electron chi connectivity index (χ1n) is 7.05. The fourth-order valence-corrected chi connectivity index (χ4v) is 1.95. The molecule has 4 nitrogen and oxygen atoms in total. The average Bonchev–Trinajstić information content (AvgIpc) is 2.54. The third kappa shape index (κ3) is 3.99. The predicted molar refractivity (Wildman–Crippen MR) is 86.2 cm³/mol. The Morgan fingerprint density at radius 2 is 1.81 bits per heavy atom. The van der Waals surface area contributed by atoms with Gasteiger partial charge in [-0.3, -0.25) is 4.79 Å². The van der Waals surface area contributed by atoms with Crippen LogP contribution >= 0.6 is 0 Å². The lowest BCUT2D eigenvalue weighted by Gasteiger charge is -2.10. The van der Waals surface area contributed by atoms with E-state index in [1.165, 1.54) is 0 Å². The molecule has 1 amide bonds. The summed E-state index contributed by atoms with van der Waals surface area (Å²) in [5.74, 6) is 0.674. The minimum absolute atomic E-state index is 0.137. The molecule has 0 radical (unpaired) electrons. The second-order valence-electron chi connectivity index (χ2n) is 4.62. The second kappa shape index (κ2) is 7.33. The van der Waals surface area contributed by atoms with Crippen molar-refractivity contribution in [1.82, 2.24) is 0 Å². The number of anilines is 2. The number of carbonyl (C=O) groups is 1. The third-order valence-corrected chi connectivity index (χ3v) is 3.03. The Kier molecular flexibility index (Phi) is 5.21. The molecule has 0 bridgehead atoms. The topological polar surface area (TPSA) is 50.4 Å². The van der Waals surface area contributed by atoms with E-state index in [1.54, 1.807) is 13.1 Å². The molecule has 2 aromatic carbocycles. The minimum atomic E-state index is -0.137. The number of carbonyl (C=O) groups excluding carboxylic acids is 1. The Morgan fingerprint density at radius 1 is 1.10 bits per heavy atom. The van der Waals surface area contributed by atoms with Gasteiger partial charge in [0.15, 0.2) is 0 Å². The van der Waals surface area contributed by atoms with Crippen molar-refractivity contribution in [3.8, 4) is 5.75 Å². The van der Waals surface area contributed by atoms with Gasteiger partial charge in [0, 0.05) is 18.4 Å². The molecule has 0 aliphatic rings. The molecule has 0 fully saturated rings. The highest BCUT2D eigenvalue weighted by Crippen LogP contribution is 2.19. The Morgan fingerprint density at radius 3 is 2.48 bits per heavy atom. The van der Waals surface area contributed by atoms with Gasteiger partial charge in [-0.25, -0.2) is 0 Å². The van der Waals surface area contributed by atoms with Gasteiger partial charge in [-0.05, 0) is 42.8 Å². The number of rotatable bonds is 6. The van der Waals surface area contributed by atoms with Crippen molar-refractivity contribution in [2.45, 2.75) is 13.3 Å². The van der Waals surface area contributed by atoms with E-state index in [9.17, 15) is 4.79 Å². The lowest BCUT2D eigenvalue weighted by atomic mass is 10.1. The maximum Gasteiger partial charge on any atom is 0.257 e. The van der Waals surface area contributed by atoms with Crippen LogP contribution in [0.15, 0.2) is 48.5 Å². The Hall–Kier alpha value is -2.49. The van der Waals surface area contributed by atoms with Crippen molar-refractivity contribution in [3.05, 3.63) is 54.1 Å². The lowest BCUT2D eigenvalue weighted by Crippen LogP contribution is -2.13. The summed E-state index contributed by atoms with van der Waals surface area (Å²) in [6.07, 6.45) is 0.972. The molecular weight excluding hydrogens is 264 g/mol. The van der Waals surface area contributed by atoms with Gasteiger partial charge < -0.3 is 15.4 Å². The summed E-state index contributed by atoms with van der Waals surface area (Å²) in [6, 6.07) is 14.8. The summed E-state index contributed by atoms with van der Waals surface area (Å²) >= 11 is 0. The van der Waals surface area contributed by atoms with Crippen LogP contribution in [-0.2, 0) is 0 Å². The molecule has 0 heterocycles. The molecule has 0 aliphatic heterocycles. The van der Waals surface area contributed by atoms with E-state index in [-0.39, 0.29) is 5.91 Å². The van der Waals surface area contributed by atoms with Gasteiger partial charge in [-0.1, -0.05) is 19.1 Å². The molecule has 2 rings (SSSR count). The molecule has 110 valence electrons. The molecule has 0 saturated heterocycles. The zero-order valence-electron chi connectivity index (χ0n) is 12.3. The molecule has 0 saturated carbocycles. The number of hydrogen-bond acceptors (Lipinski definition) is 3. The number of hydrogen-bond donors (Lipinski definition) is 2. The highest BCUT2D eigenvalue weighted by Gasteiger charge is 2.10. The van der Waals surface area contributed by atoms with Gasteiger partial charge >= 0.3 is 0 Å². The summed E-state index contributed by atoms with van der Waals surface area (Å²) in [4.78, 5) is 12.3. The second-order valence-corrected chi connectivity index (χ2v) is 4.62. The van der Waals surface area contributed by atoms with Crippen molar-refractivity contribution < 1.29 is 9.53 Å². The van der Waals surface area contributed by atoms with Gasteiger partial charge in [0.1, 0.15) is 5.75 Å². The molecule has 2 aromatic rings. The van der Waals surface area contributed by atoms with Gasteiger partial charge in [-0.15, -0.1) is 0 Å². The smallest absolute Gasteiger partial charge is 0.257 e. The highest BCUT2D eigenvalue weighted by atomic mass is 16.5. The number of ether oxygens (including phenoxy) is 1. The van der Waals surface area contributed by atoms with Gasteiger partial charge in [0.25, 0.3) is 5.91 Å². The van der Waals surface area contributed by atoms with Crippen LogP contribution in [0.25, 0.3) is 0 Å². The van der Waals surface area contributed by atoms with Crippen molar-refractivity contribution in [2.75, 3.05) is 24.3 Å². The SMILES string of the molecule is CCCOc1ccc(NC(=O)c2ccccc2NC)cc1. The Labute approximate surface area is 125 Å². The maximum absolute atomic E-state index is 12.3. The summed E-state index contributed by atoms with van der Waals surface area (Å²) < 4.78 is 5.51. The van der Waals surface area contributed by atoms with Crippen LogP contribution in [0.2, 0.25) is 0 Å².